The van der Waals surface area contributed by atoms with Crippen molar-refractivity contribution in [1.29, 1.82) is 0 Å². The van der Waals surface area contributed by atoms with Gasteiger partial charge in [0.15, 0.2) is 0 Å². The van der Waals surface area contributed by atoms with Gasteiger partial charge in [-0.25, -0.2) is 0 Å². The fraction of sp³-hybridized carbons (Fsp3) is 0.667. The molecule has 1 aliphatic rings. The van der Waals surface area contributed by atoms with Crippen molar-refractivity contribution < 1.29 is 13.2 Å². The van der Waals surface area contributed by atoms with Gasteiger partial charge in [0.1, 0.15) is 0 Å². The van der Waals surface area contributed by atoms with Gasteiger partial charge in [0.25, 0.3) is 0 Å². The standard InChI is InChI=1S/C12H16BrF3N2S/c13-9-5-11(19-7-9)6-17-3-4-18(10-1-2-10)8-12(14,15)16/h5,7,10,17H,1-4,6,8H2. The topological polar surface area (TPSA) is 15.3 Å². The number of halogens is 4. The SMILES string of the molecule is FC(F)(F)CN(CCNCc1cc(Br)cs1)C1CC1. The van der Waals surface area contributed by atoms with Gasteiger partial charge in [0.2, 0.25) is 0 Å². The zero-order valence-corrected chi connectivity index (χ0v) is 12.7. The van der Waals surface area contributed by atoms with E-state index in [0.29, 0.717) is 19.6 Å². The molecule has 0 spiro atoms. The summed E-state index contributed by atoms with van der Waals surface area (Å²) in [6, 6.07) is 2.16. The zero-order chi connectivity index (χ0) is 13.9. The minimum atomic E-state index is -4.10. The van der Waals surface area contributed by atoms with Crippen LogP contribution in [0.1, 0.15) is 17.7 Å². The second-order valence-electron chi connectivity index (χ2n) is 4.72. The molecule has 0 unspecified atom stereocenters. The van der Waals surface area contributed by atoms with Gasteiger partial charge in [0, 0.05) is 40.4 Å². The number of alkyl halides is 3. The Balaban J connectivity index is 1.68. The highest BCUT2D eigenvalue weighted by Gasteiger charge is 2.37. The van der Waals surface area contributed by atoms with E-state index in [1.165, 1.54) is 9.78 Å². The minimum absolute atomic E-state index is 0.138. The summed E-state index contributed by atoms with van der Waals surface area (Å²) < 4.78 is 38.3. The van der Waals surface area contributed by atoms with Crippen molar-refractivity contribution >= 4 is 27.3 Å². The molecular formula is C12H16BrF3N2S. The first kappa shape index (κ1) is 15.3. The van der Waals surface area contributed by atoms with E-state index in [1.54, 1.807) is 11.3 Å². The average molecular weight is 357 g/mol. The van der Waals surface area contributed by atoms with Crippen molar-refractivity contribution in [1.82, 2.24) is 10.2 Å². The fourth-order valence-corrected chi connectivity index (χ4v) is 3.36. The Bertz CT molecular complexity index is 404. The molecule has 0 bridgehead atoms. The van der Waals surface area contributed by atoms with E-state index in [4.69, 9.17) is 0 Å². The van der Waals surface area contributed by atoms with Gasteiger partial charge in [-0.3, -0.25) is 4.90 Å². The van der Waals surface area contributed by atoms with Crippen LogP contribution in [0.4, 0.5) is 13.2 Å². The van der Waals surface area contributed by atoms with Crippen molar-refractivity contribution in [3.8, 4) is 0 Å². The fourth-order valence-electron chi connectivity index (χ4n) is 1.94. The second-order valence-corrected chi connectivity index (χ2v) is 6.64. The smallest absolute Gasteiger partial charge is 0.311 e. The molecule has 0 amide bonds. The minimum Gasteiger partial charge on any atom is -0.311 e. The van der Waals surface area contributed by atoms with Crippen molar-refractivity contribution in [2.24, 2.45) is 0 Å². The third kappa shape index (κ3) is 5.81. The molecule has 0 atom stereocenters. The van der Waals surface area contributed by atoms with E-state index in [-0.39, 0.29) is 6.04 Å². The molecule has 108 valence electrons. The van der Waals surface area contributed by atoms with Crippen molar-refractivity contribution in [2.45, 2.75) is 31.6 Å². The van der Waals surface area contributed by atoms with Crippen LogP contribution in [0, 0.1) is 0 Å². The predicted octanol–water partition coefficient (Wildman–Crippen LogP) is 3.63. The van der Waals surface area contributed by atoms with E-state index < -0.39 is 12.7 Å². The highest BCUT2D eigenvalue weighted by Crippen LogP contribution is 2.29. The van der Waals surface area contributed by atoms with Crippen LogP contribution in [-0.4, -0.2) is 36.8 Å². The molecule has 1 heterocycles. The van der Waals surface area contributed by atoms with E-state index in [2.05, 4.69) is 21.2 Å². The molecular weight excluding hydrogens is 341 g/mol. The molecule has 1 aromatic heterocycles. The molecule has 2 nitrogen and oxygen atoms in total. The van der Waals surface area contributed by atoms with Crippen LogP contribution < -0.4 is 5.32 Å². The quantitative estimate of drug-likeness (QED) is 0.750. The average Bonchev–Trinajstić information content (AvgIpc) is 3.06. The molecule has 19 heavy (non-hydrogen) atoms. The maximum atomic E-state index is 12.4. The predicted molar refractivity (Wildman–Crippen MR) is 74.4 cm³/mol. The van der Waals surface area contributed by atoms with Gasteiger partial charge in [-0.05, 0) is 34.8 Å². The van der Waals surface area contributed by atoms with Gasteiger partial charge < -0.3 is 5.32 Å². The van der Waals surface area contributed by atoms with E-state index in [9.17, 15) is 13.2 Å². The number of hydrogen-bond donors (Lipinski definition) is 1. The molecule has 1 saturated carbocycles. The van der Waals surface area contributed by atoms with Crippen LogP contribution in [0.15, 0.2) is 15.9 Å². The number of thiophene rings is 1. The van der Waals surface area contributed by atoms with Crippen LogP contribution >= 0.6 is 27.3 Å². The van der Waals surface area contributed by atoms with E-state index in [0.717, 1.165) is 17.3 Å². The lowest BCUT2D eigenvalue weighted by molar-refractivity contribution is -0.147. The molecule has 0 aliphatic heterocycles. The van der Waals surface area contributed by atoms with Gasteiger partial charge in [0.05, 0.1) is 6.54 Å². The molecule has 0 radical (unpaired) electrons. The van der Waals surface area contributed by atoms with Crippen LogP contribution in [-0.2, 0) is 6.54 Å². The molecule has 1 aliphatic carbocycles. The Labute approximate surface area is 123 Å². The Morgan fingerprint density at radius 3 is 2.68 bits per heavy atom. The molecule has 1 N–H and O–H groups in total. The molecule has 2 rings (SSSR count). The maximum Gasteiger partial charge on any atom is 0.401 e. The first-order chi connectivity index (χ1) is 8.94. The van der Waals surface area contributed by atoms with Gasteiger partial charge in [-0.15, -0.1) is 11.3 Å². The van der Waals surface area contributed by atoms with E-state index >= 15 is 0 Å². The summed E-state index contributed by atoms with van der Waals surface area (Å²) in [4.78, 5) is 2.72. The van der Waals surface area contributed by atoms with Gasteiger partial charge >= 0.3 is 6.18 Å². The normalized spacial score (nSPS) is 16.3. The summed E-state index contributed by atoms with van der Waals surface area (Å²) in [6.45, 7) is 0.962. The van der Waals surface area contributed by atoms with E-state index in [1.807, 2.05) is 11.4 Å². The maximum absolute atomic E-state index is 12.4. The van der Waals surface area contributed by atoms with Crippen LogP contribution in [0.2, 0.25) is 0 Å². The van der Waals surface area contributed by atoms with Crippen molar-refractivity contribution in [3.63, 3.8) is 0 Å². The second kappa shape index (κ2) is 6.56. The monoisotopic (exact) mass is 356 g/mol. The Hall–Kier alpha value is -0.110. The Kier molecular flexibility index (Phi) is 5.28. The van der Waals surface area contributed by atoms with Gasteiger partial charge in [-0.2, -0.15) is 13.2 Å². The lowest BCUT2D eigenvalue weighted by atomic mass is 10.4. The number of nitrogens with zero attached hydrogens (tertiary/aromatic N) is 1. The highest BCUT2D eigenvalue weighted by molar-refractivity contribution is 9.10. The van der Waals surface area contributed by atoms with Crippen LogP contribution in [0.25, 0.3) is 0 Å². The third-order valence-corrected chi connectivity index (χ3v) is 4.64. The number of hydrogen-bond acceptors (Lipinski definition) is 3. The molecule has 0 aromatic carbocycles. The number of rotatable bonds is 7. The first-order valence-electron chi connectivity index (χ1n) is 6.18. The molecule has 1 fully saturated rings. The largest absolute Gasteiger partial charge is 0.401 e. The summed E-state index contributed by atoms with van der Waals surface area (Å²) in [5.41, 5.74) is 0. The van der Waals surface area contributed by atoms with Crippen molar-refractivity contribution in [3.05, 3.63) is 20.8 Å². The van der Waals surface area contributed by atoms with Gasteiger partial charge in [-0.1, -0.05) is 0 Å². The lowest BCUT2D eigenvalue weighted by Crippen LogP contribution is -2.40. The Morgan fingerprint density at radius 1 is 1.42 bits per heavy atom. The Morgan fingerprint density at radius 2 is 2.16 bits per heavy atom. The van der Waals surface area contributed by atoms with Crippen LogP contribution in [0.5, 0.6) is 0 Å². The lowest BCUT2D eigenvalue weighted by Gasteiger charge is -2.23. The summed E-state index contributed by atoms with van der Waals surface area (Å²) in [5, 5.41) is 5.19. The molecule has 0 saturated heterocycles. The summed E-state index contributed by atoms with van der Waals surface area (Å²) in [6.07, 6.45) is -2.30. The summed E-state index contributed by atoms with van der Waals surface area (Å²) in [5.74, 6) is 0. The highest BCUT2D eigenvalue weighted by atomic mass is 79.9. The molecule has 1 aromatic rings. The molecule has 7 heteroatoms. The summed E-state index contributed by atoms with van der Waals surface area (Å²) >= 11 is 5.01. The van der Waals surface area contributed by atoms with Crippen molar-refractivity contribution in [2.75, 3.05) is 19.6 Å². The number of nitrogens with one attached hydrogen (secondary N) is 1. The zero-order valence-electron chi connectivity index (χ0n) is 10.3. The first-order valence-corrected chi connectivity index (χ1v) is 7.86. The third-order valence-electron chi connectivity index (χ3n) is 2.94. The van der Waals surface area contributed by atoms with Crippen LogP contribution in [0.3, 0.4) is 0 Å². The summed E-state index contributed by atoms with van der Waals surface area (Å²) in [7, 11) is 0.